The van der Waals surface area contributed by atoms with Gasteiger partial charge in [0.1, 0.15) is 5.75 Å². The van der Waals surface area contributed by atoms with Crippen molar-refractivity contribution in [3.63, 3.8) is 0 Å². The number of sulfone groups is 1. The zero-order valence-corrected chi connectivity index (χ0v) is 9.66. The molecule has 3 N–H and O–H groups in total. The lowest BCUT2D eigenvalue weighted by atomic mass is 9.96. The number of hydrogen-bond acceptors (Lipinski definition) is 4. The van der Waals surface area contributed by atoms with Crippen LogP contribution in [-0.2, 0) is 9.84 Å². The smallest absolute Gasteiger partial charge is 0.200 e. The van der Waals surface area contributed by atoms with Crippen LogP contribution in [0.15, 0.2) is 28.5 Å². The van der Waals surface area contributed by atoms with E-state index in [4.69, 9.17) is 5.73 Å². The summed E-state index contributed by atoms with van der Waals surface area (Å²) < 4.78 is 23.6. The van der Waals surface area contributed by atoms with E-state index in [9.17, 15) is 13.5 Å². The summed E-state index contributed by atoms with van der Waals surface area (Å²) in [6.07, 6.45) is 0. The number of aromatic hydroxyl groups is 1. The highest BCUT2D eigenvalue weighted by molar-refractivity contribution is 7.95. The van der Waals surface area contributed by atoms with E-state index >= 15 is 0 Å². The molecule has 1 aromatic rings. The van der Waals surface area contributed by atoms with E-state index in [-0.39, 0.29) is 16.6 Å². The van der Waals surface area contributed by atoms with Gasteiger partial charge in [0.05, 0.1) is 4.90 Å². The van der Waals surface area contributed by atoms with Crippen molar-refractivity contribution in [1.29, 1.82) is 0 Å². The van der Waals surface area contributed by atoms with Crippen molar-refractivity contribution >= 4 is 15.4 Å². The molecule has 1 aliphatic rings. The van der Waals surface area contributed by atoms with Crippen LogP contribution in [0, 0.1) is 5.92 Å². The number of nitrogens with two attached hydrogens (primary N) is 1. The summed E-state index contributed by atoms with van der Waals surface area (Å²) in [5.41, 5.74) is 6.91. The Bertz CT molecular complexity index is 561. The van der Waals surface area contributed by atoms with E-state index in [0.717, 1.165) is 5.57 Å². The Kier molecular flexibility index (Phi) is 2.52. The minimum Gasteiger partial charge on any atom is -0.508 e. The van der Waals surface area contributed by atoms with Gasteiger partial charge in [-0.25, -0.2) is 8.42 Å². The third-order valence-corrected chi connectivity index (χ3v) is 4.26. The SMILES string of the molecule is CC(CN)C1=CS(=O)(=O)c2cc(O)ccc21. The Hall–Kier alpha value is -1.33. The molecule has 2 rings (SSSR count). The van der Waals surface area contributed by atoms with Gasteiger partial charge in [-0.15, -0.1) is 0 Å². The summed E-state index contributed by atoms with van der Waals surface area (Å²) in [5.74, 6) is -0.0575. The first-order chi connectivity index (χ1) is 7.45. The fourth-order valence-corrected chi connectivity index (χ4v) is 3.39. The second-order valence-corrected chi connectivity index (χ2v) is 5.70. The fraction of sp³-hybridized carbons (Fsp3) is 0.273. The number of phenols is 1. The highest BCUT2D eigenvalue weighted by atomic mass is 32.2. The molecule has 0 amide bonds. The number of phenolic OH excluding ortho intramolecular Hbond substituents is 1. The van der Waals surface area contributed by atoms with Gasteiger partial charge in [0.2, 0.25) is 9.84 Å². The van der Waals surface area contributed by atoms with E-state index in [2.05, 4.69) is 0 Å². The Labute approximate surface area is 94.3 Å². The van der Waals surface area contributed by atoms with E-state index in [1.54, 1.807) is 6.07 Å². The van der Waals surface area contributed by atoms with Crippen LogP contribution >= 0.6 is 0 Å². The third-order valence-electron chi connectivity index (χ3n) is 2.75. The van der Waals surface area contributed by atoms with E-state index in [1.165, 1.54) is 17.5 Å². The molecule has 0 fully saturated rings. The first-order valence-electron chi connectivity index (χ1n) is 4.96. The molecule has 5 heteroatoms. The quantitative estimate of drug-likeness (QED) is 0.810. The molecule has 1 unspecified atom stereocenters. The van der Waals surface area contributed by atoms with Gasteiger partial charge < -0.3 is 10.8 Å². The van der Waals surface area contributed by atoms with Crippen molar-refractivity contribution in [1.82, 2.24) is 0 Å². The average molecular weight is 239 g/mol. The van der Waals surface area contributed by atoms with Gasteiger partial charge in [-0.3, -0.25) is 0 Å². The molecule has 4 nitrogen and oxygen atoms in total. The molecule has 0 spiro atoms. The lowest BCUT2D eigenvalue weighted by molar-refractivity contribution is 0.473. The molecule has 1 heterocycles. The molecule has 16 heavy (non-hydrogen) atoms. The van der Waals surface area contributed by atoms with Gasteiger partial charge in [0, 0.05) is 5.41 Å². The van der Waals surface area contributed by atoms with Gasteiger partial charge in [0.25, 0.3) is 0 Å². The van der Waals surface area contributed by atoms with Crippen molar-refractivity contribution in [2.24, 2.45) is 11.7 Å². The molecule has 0 bridgehead atoms. The monoisotopic (exact) mass is 239 g/mol. The largest absolute Gasteiger partial charge is 0.508 e. The normalized spacial score (nSPS) is 19.0. The van der Waals surface area contributed by atoms with Gasteiger partial charge in [-0.1, -0.05) is 6.92 Å². The van der Waals surface area contributed by atoms with Crippen LogP contribution in [0.3, 0.4) is 0 Å². The van der Waals surface area contributed by atoms with Crippen LogP contribution in [0.2, 0.25) is 0 Å². The highest BCUT2D eigenvalue weighted by Gasteiger charge is 2.29. The zero-order chi connectivity index (χ0) is 11.9. The topological polar surface area (TPSA) is 80.4 Å². The fourth-order valence-electron chi connectivity index (χ4n) is 1.79. The molecule has 0 radical (unpaired) electrons. The zero-order valence-electron chi connectivity index (χ0n) is 8.84. The lowest BCUT2D eigenvalue weighted by Crippen LogP contribution is -2.11. The third kappa shape index (κ3) is 1.62. The predicted octanol–water partition coefficient (Wildman–Crippen LogP) is 1.12. The molecule has 1 aliphatic heterocycles. The number of rotatable bonds is 2. The molecule has 0 aromatic heterocycles. The second-order valence-electron chi connectivity index (χ2n) is 3.94. The van der Waals surface area contributed by atoms with Gasteiger partial charge in [0.15, 0.2) is 0 Å². The molecular formula is C11H13NO3S. The summed E-state index contributed by atoms with van der Waals surface area (Å²) in [6.45, 7) is 2.27. The van der Waals surface area contributed by atoms with Gasteiger partial charge in [-0.05, 0) is 41.8 Å². The molecule has 1 aromatic carbocycles. The highest BCUT2D eigenvalue weighted by Crippen LogP contribution is 2.38. The van der Waals surface area contributed by atoms with Crippen molar-refractivity contribution in [2.75, 3.05) is 6.54 Å². The van der Waals surface area contributed by atoms with Gasteiger partial charge in [-0.2, -0.15) is 0 Å². The van der Waals surface area contributed by atoms with E-state index < -0.39 is 9.84 Å². The minimum atomic E-state index is -3.41. The van der Waals surface area contributed by atoms with Crippen molar-refractivity contribution in [2.45, 2.75) is 11.8 Å². The molecular weight excluding hydrogens is 226 g/mol. The van der Waals surface area contributed by atoms with E-state index in [0.29, 0.717) is 12.1 Å². The van der Waals surface area contributed by atoms with Crippen LogP contribution in [-0.4, -0.2) is 20.1 Å². The standard InChI is InChI=1S/C11H13NO3S/c1-7(5-12)10-6-16(14,15)11-4-8(13)2-3-9(10)11/h2-4,6-7,13H,5,12H2,1H3. The average Bonchev–Trinajstić information content (AvgIpc) is 2.50. The van der Waals surface area contributed by atoms with Crippen molar-refractivity contribution in [3.05, 3.63) is 29.2 Å². The van der Waals surface area contributed by atoms with Crippen molar-refractivity contribution in [3.8, 4) is 5.75 Å². The second kappa shape index (κ2) is 3.61. The summed E-state index contributed by atoms with van der Waals surface area (Å²) in [7, 11) is -3.41. The number of hydrogen-bond donors (Lipinski definition) is 2. The number of fused-ring (bicyclic) bond motifs is 1. The minimum absolute atomic E-state index is 0.0134. The van der Waals surface area contributed by atoms with Crippen LogP contribution in [0.5, 0.6) is 5.75 Å². The van der Waals surface area contributed by atoms with Crippen LogP contribution in [0.25, 0.3) is 5.57 Å². The Morgan fingerprint density at radius 2 is 2.12 bits per heavy atom. The molecule has 0 aliphatic carbocycles. The maximum Gasteiger partial charge on any atom is 0.200 e. The predicted molar refractivity (Wildman–Crippen MR) is 61.5 cm³/mol. The Morgan fingerprint density at radius 1 is 1.44 bits per heavy atom. The first kappa shape index (κ1) is 11.2. The maximum absolute atomic E-state index is 11.8. The van der Waals surface area contributed by atoms with Crippen molar-refractivity contribution < 1.29 is 13.5 Å². The maximum atomic E-state index is 11.8. The lowest BCUT2D eigenvalue weighted by Gasteiger charge is -2.10. The van der Waals surface area contributed by atoms with E-state index in [1.807, 2.05) is 6.92 Å². The molecule has 0 saturated carbocycles. The molecule has 1 atom stereocenters. The van der Waals surface area contributed by atoms with Crippen LogP contribution < -0.4 is 5.73 Å². The molecule has 0 saturated heterocycles. The first-order valence-corrected chi connectivity index (χ1v) is 6.50. The number of benzene rings is 1. The van der Waals surface area contributed by atoms with Crippen LogP contribution in [0.4, 0.5) is 0 Å². The molecule has 86 valence electrons. The Balaban J connectivity index is 2.65. The van der Waals surface area contributed by atoms with Crippen LogP contribution in [0.1, 0.15) is 12.5 Å². The van der Waals surface area contributed by atoms with Gasteiger partial charge >= 0.3 is 0 Å². The summed E-state index contributed by atoms with van der Waals surface area (Å²) >= 11 is 0. The summed E-state index contributed by atoms with van der Waals surface area (Å²) in [4.78, 5) is 0.169. The Morgan fingerprint density at radius 3 is 2.75 bits per heavy atom. The summed E-state index contributed by atoms with van der Waals surface area (Å²) in [5, 5.41) is 10.5. The summed E-state index contributed by atoms with van der Waals surface area (Å²) in [6, 6.07) is 4.38.